The lowest BCUT2D eigenvalue weighted by Gasteiger charge is -2.09. The maximum Gasteiger partial charge on any atom is 0.254 e. The fraction of sp³-hybridized carbons (Fsp3) is 0.105. The van der Waals surface area contributed by atoms with E-state index in [-0.39, 0.29) is 18.0 Å². The highest BCUT2D eigenvalue weighted by atomic mass is 35.5. The molecule has 0 aliphatic carbocycles. The normalized spacial score (nSPS) is 10.5. The van der Waals surface area contributed by atoms with Crippen molar-refractivity contribution in [2.45, 2.75) is 11.4 Å². The first-order valence-electron chi connectivity index (χ1n) is 7.81. The first kappa shape index (κ1) is 18.2. The summed E-state index contributed by atoms with van der Waals surface area (Å²) < 4.78 is 1.27. The largest absolute Gasteiger partial charge is 0.324 e. The van der Waals surface area contributed by atoms with Gasteiger partial charge < -0.3 is 5.32 Å². The molecule has 2 aromatic carbocycles. The smallest absolute Gasteiger partial charge is 0.254 e. The van der Waals surface area contributed by atoms with E-state index >= 15 is 0 Å². The highest BCUT2D eigenvalue weighted by molar-refractivity contribution is 7.98. The van der Waals surface area contributed by atoms with Crippen LogP contribution in [-0.2, 0) is 11.3 Å². The first-order valence-corrected chi connectivity index (χ1v) is 9.42. The van der Waals surface area contributed by atoms with Gasteiger partial charge in [0.25, 0.3) is 5.56 Å². The summed E-state index contributed by atoms with van der Waals surface area (Å²) in [6.07, 6.45) is 3.35. The molecular formula is C19H16ClN3O2S. The molecule has 0 atom stereocenters. The van der Waals surface area contributed by atoms with Gasteiger partial charge in [0.15, 0.2) is 0 Å². The van der Waals surface area contributed by atoms with Gasteiger partial charge in [-0.3, -0.25) is 14.2 Å². The molecule has 132 valence electrons. The standard InChI is InChI=1S/C19H16ClN3O2S/c1-26-16-4-2-3-15(9-16)22-18(24)11-23-12-21-17(10-19(23)25)13-5-7-14(20)8-6-13/h2-10,12H,11H2,1H3,(H,22,24). The van der Waals surface area contributed by atoms with Crippen molar-refractivity contribution in [3.8, 4) is 11.3 Å². The minimum absolute atomic E-state index is 0.101. The second kappa shape index (κ2) is 8.21. The summed E-state index contributed by atoms with van der Waals surface area (Å²) in [7, 11) is 0. The van der Waals surface area contributed by atoms with Crippen molar-refractivity contribution in [1.29, 1.82) is 0 Å². The second-order valence-corrected chi connectivity index (χ2v) is 6.84. The van der Waals surface area contributed by atoms with Crippen molar-refractivity contribution < 1.29 is 4.79 Å². The van der Waals surface area contributed by atoms with Crippen LogP contribution in [0.15, 0.2) is 70.6 Å². The summed E-state index contributed by atoms with van der Waals surface area (Å²) in [5.41, 5.74) is 1.73. The average molecular weight is 386 g/mol. The lowest BCUT2D eigenvalue weighted by molar-refractivity contribution is -0.116. The number of amides is 1. The second-order valence-electron chi connectivity index (χ2n) is 5.53. The third-order valence-electron chi connectivity index (χ3n) is 3.69. The SMILES string of the molecule is CSc1cccc(NC(=O)Cn2cnc(-c3ccc(Cl)cc3)cc2=O)c1. The van der Waals surface area contributed by atoms with Crippen LogP contribution in [0.1, 0.15) is 0 Å². The van der Waals surface area contributed by atoms with Crippen molar-refractivity contribution in [2.24, 2.45) is 0 Å². The van der Waals surface area contributed by atoms with Crippen LogP contribution in [0.3, 0.4) is 0 Å². The predicted octanol–water partition coefficient (Wildman–Crippen LogP) is 3.92. The van der Waals surface area contributed by atoms with Gasteiger partial charge in [-0.1, -0.05) is 29.8 Å². The molecule has 7 heteroatoms. The molecule has 0 saturated carbocycles. The Morgan fingerprint density at radius 1 is 1.19 bits per heavy atom. The molecule has 0 aliphatic rings. The van der Waals surface area contributed by atoms with E-state index in [4.69, 9.17) is 11.6 Å². The maximum absolute atomic E-state index is 12.3. The van der Waals surface area contributed by atoms with E-state index in [1.807, 2.05) is 30.5 Å². The summed E-state index contributed by atoms with van der Waals surface area (Å²) in [4.78, 5) is 29.8. The van der Waals surface area contributed by atoms with E-state index in [1.54, 1.807) is 36.0 Å². The minimum Gasteiger partial charge on any atom is -0.324 e. The Morgan fingerprint density at radius 3 is 2.65 bits per heavy atom. The molecule has 0 unspecified atom stereocenters. The number of hydrogen-bond donors (Lipinski definition) is 1. The summed E-state index contributed by atoms with van der Waals surface area (Å²) in [5.74, 6) is -0.286. The lowest BCUT2D eigenvalue weighted by atomic mass is 10.1. The van der Waals surface area contributed by atoms with Crippen molar-refractivity contribution in [2.75, 3.05) is 11.6 Å². The van der Waals surface area contributed by atoms with Crippen LogP contribution in [0.2, 0.25) is 5.02 Å². The van der Waals surface area contributed by atoms with E-state index in [1.165, 1.54) is 17.0 Å². The number of nitrogens with one attached hydrogen (secondary N) is 1. The van der Waals surface area contributed by atoms with Crippen molar-refractivity contribution >= 4 is 35.0 Å². The van der Waals surface area contributed by atoms with Crippen LogP contribution in [0.25, 0.3) is 11.3 Å². The van der Waals surface area contributed by atoms with Gasteiger partial charge >= 0.3 is 0 Å². The van der Waals surface area contributed by atoms with Crippen LogP contribution in [0.4, 0.5) is 5.69 Å². The van der Waals surface area contributed by atoms with E-state index in [0.717, 1.165) is 10.5 Å². The fourth-order valence-corrected chi connectivity index (χ4v) is 2.96. The Labute approximate surface area is 160 Å². The number of thioether (sulfide) groups is 1. The fourth-order valence-electron chi connectivity index (χ4n) is 2.38. The molecule has 0 aliphatic heterocycles. The van der Waals surface area contributed by atoms with Crippen LogP contribution in [0, 0.1) is 0 Å². The summed E-state index contributed by atoms with van der Waals surface area (Å²) in [6, 6.07) is 16.0. The molecule has 0 fully saturated rings. The maximum atomic E-state index is 12.3. The van der Waals surface area contributed by atoms with Crippen molar-refractivity contribution in [3.63, 3.8) is 0 Å². The monoisotopic (exact) mass is 385 g/mol. The summed E-state index contributed by atoms with van der Waals surface area (Å²) >= 11 is 7.46. The van der Waals surface area contributed by atoms with Crippen LogP contribution in [0.5, 0.6) is 0 Å². The molecule has 0 saturated heterocycles. The minimum atomic E-state index is -0.294. The molecule has 3 rings (SSSR count). The first-order chi connectivity index (χ1) is 12.5. The van der Waals surface area contributed by atoms with Gasteiger partial charge in [0.05, 0.1) is 12.0 Å². The van der Waals surface area contributed by atoms with Crippen molar-refractivity contribution in [1.82, 2.24) is 9.55 Å². The Balaban J connectivity index is 1.72. The van der Waals surface area contributed by atoms with E-state index in [0.29, 0.717) is 16.4 Å². The zero-order chi connectivity index (χ0) is 18.5. The quantitative estimate of drug-likeness (QED) is 0.676. The van der Waals surface area contributed by atoms with Gasteiger partial charge in [-0.15, -0.1) is 11.8 Å². The molecule has 0 bridgehead atoms. The van der Waals surface area contributed by atoms with E-state index in [2.05, 4.69) is 10.3 Å². The number of aromatic nitrogens is 2. The molecule has 3 aromatic rings. The molecule has 1 amide bonds. The number of carbonyl (C=O) groups is 1. The number of nitrogens with zero attached hydrogens (tertiary/aromatic N) is 2. The van der Waals surface area contributed by atoms with Gasteiger partial charge in [0.2, 0.25) is 5.91 Å². The predicted molar refractivity (Wildman–Crippen MR) is 106 cm³/mol. The van der Waals surface area contributed by atoms with Crippen LogP contribution >= 0.6 is 23.4 Å². The van der Waals surface area contributed by atoms with E-state index < -0.39 is 0 Å². The third-order valence-corrected chi connectivity index (χ3v) is 4.66. The number of halogens is 1. The van der Waals surface area contributed by atoms with Gasteiger partial charge in [0, 0.05) is 27.2 Å². The van der Waals surface area contributed by atoms with Gasteiger partial charge in [-0.2, -0.15) is 0 Å². The number of anilines is 1. The Morgan fingerprint density at radius 2 is 1.96 bits per heavy atom. The molecule has 0 radical (unpaired) electrons. The molecule has 1 aromatic heterocycles. The summed E-state index contributed by atoms with van der Waals surface area (Å²) in [5, 5.41) is 3.41. The van der Waals surface area contributed by atoms with Crippen LogP contribution < -0.4 is 10.9 Å². The number of hydrogen-bond acceptors (Lipinski definition) is 4. The molecule has 5 nitrogen and oxygen atoms in total. The lowest BCUT2D eigenvalue weighted by Crippen LogP contribution is -2.27. The number of benzene rings is 2. The highest BCUT2D eigenvalue weighted by Crippen LogP contribution is 2.19. The Hall–Kier alpha value is -2.57. The molecule has 0 spiro atoms. The van der Waals surface area contributed by atoms with E-state index in [9.17, 15) is 9.59 Å². The highest BCUT2D eigenvalue weighted by Gasteiger charge is 2.08. The van der Waals surface area contributed by atoms with Gasteiger partial charge in [-0.25, -0.2) is 4.98 Å². The van der Waals surface area contributed by atoms with Crippen molar-refractivity contribution in [3.05, 3.63) is 76.3 Å². The Kier molecular flexibility index (Phi) is 5.75. The van der Waals surface area contributed by atoms with Gasteiger partial charge in [-0.05, 0) is 36.6 Å². The average Bonchev–Trinajstić information content (AvgIpc) is 2.64. The zero-order valence-electron chi connectivity index (χ0n) is 14.0. The topological polar surface area (TPSA) is 64.0 Å². The Bertz CT molecular complexity index is 987. The molecular weight excluding hydrogens is 370 g/mol. The van der Waals surface area contributed by atoms with Gasteiger partial charge in [0.1, 0.15) is 6.54 Å². The zero-order valence-corrected chi connectivity index (χ0v) is 15.6. The van der Waals surface area contributed by atoms with Crippen LogP contribution in [-0.4, -0.2) is 21.7 Å². The number of carbonyl (C=O) groups excluding carboxylic acids is 1. The molecule has 26 heavy (non-hydrogen) atoms. The number of rotatable bonds is 5. The summed E-state index contributed by atoms with van der Waals surface area (Å²) in [6.45, 7) is -0.101. The molecule has 1 heterocycles. The third kappa shape index (κ3) is 4.53. The molecule has 1 N–H and O–H groups in total.